The smallest absolute Gasteiger partial charge is 0.200 e. The summed E-state index contributed by atoms with van der Waals surface area (Å²) in [7, 11) is 0. The molecule has 120 valence electrons. The van der Waals surface area contributed by atoms with E-state index in [1.54, 1.807) is 0 Å². The highest BCUT2D eigenvalue weighted by Crippen LogP contribution is 2.32. The molecule has 1 aromatic heterocycles. The van der Waals surface area contributed by atoms with Crippen molar-refractivity contribution in [1.82, 2.24) is 0 Å². The first-order chi connectivity index (χ1) is 10.3. The average molecular weight is 466 g/mol. The van der Waals surface area contributed by atoms with Gasteiger partial charge < -0.3 is 4.74 Å². The van der Waals surface area contributed by atoms with E-state index in [2.05, 4.69) is 31.9 Å². The fourth-order valence-corrected chi connectivity index (χ4v) is 4.59. The lowest BCUT2D eigenvalue weighted by atomic mass is 10.2. The molecule has 1 heterocycles. The summed E-state index contributed by atoms with van der Waals surface area (Å²) >= 11 is 8.09. The molecule has 1 nitrogen and oxygen atoms in total. The number of rotatable bonds is 5. The number of benzene rings is 1. The van der Waals surface area contributed by atoms with Gasteiger partial charge in [-0.3, -0.25) is 0 Å². The fourth-order valence-electron chi connectivity index (χ4n) is 1.68. The first-order valence-electron chi connectivity index (χ1n) is 5.84. The van der Waals surface area contributed by atoms with Gasteiger partial charge in [0.05, 0.1) is 26.4 Å². The molecule has 1 aromatic carbocycles. The van der Waals surface area contributed by atoms with Crippen LogP contribution in [0.4, 0.5) is 22.0 Å². The van der Waals surface area contributed by atoms with E-state index in [1.165, 1.54) is 11.3 Å². The van der Waals surface area contributed by atoms with Crippen LogP contribution in [-0.4, -0.2) is 6.61 Å². The summed E-state index contributed by atoms with van der Waals surface area (Å²) < 4.78 is 72.5. The predicted molar refractivity (Wildman–Crippen MR) is 79.3 cm³/mol. The standard InChI is InChI=1S/C13H7Br2F5OS/c14-7-3-5(13(15)22-7)1-2-21-4-6-8(16)10(18)12(20)11(19)9(6)17/h3H,1-2,4H2. The Morgan fingerprint density at radius 2 is 1.45 bits per heavy atom. The van der Waals surface area contributed by atoms with E-state index in [4.69, 9.17) is 4.74 Å². The normalized spacial score (nSPS) is 11.2. The van der Waals surface area contributed by atoms with Gasteiger partial charge >= 0.3 is 0 Å². The minimum Gasteiger partial charge on any atom is -0.376 e. The first-order valence-corrected chi connectivity index (χ1v) is 8.25. The lowest BCUT2D eigenvalue weighted by Crippen LogP contribution is -2.09. The Labute approximate surface area is 143 Å². The van der Waals surface area contributed by atoms with Crippen molar-refractivity contribution in [2.75, 3.05) is 6.61 Å². The third-order valence-corrected chi connectivity index (χ3v) is 5.25. The number of hydrogen-bond donors (Lipinski definition) is 0. The van der Waals surface area contributed by atoms with E-state index in [0.29, 0.717) is 6.42 Å². The summed E-state index contributed by atoms with van der Waals surface area (Å²) in [4.78, 5) is 0. The third-order valence-electron chi connectivity index (χ3n) is 2.79. The molecule has 0 spiro atoms. The Hall–Kier alpha value is -0.510. The number of halogens is 7. The monoisotopic (exact) mass is 464 g/mol. The highest BCUT2D eigenvalue weighted by molar-refractivity contribution is 9.12. The highest BCUT2D eigenvalue weighted by atomic mass is 79.9. The van der Waals surface area contributed by atoms with E-state index in [0.717, 1.165) is 13.1 Å². The summed E-state index contributed by atoms with van der Waals surface area (Å²) in [5, 5.41) is 0. The van der Waals surface area contributed by atoms with Gasteiger partial charge in [0, 0.05) is 0 Å². The van der Waals surface area contributed by atoms with Crippen LogP contribution in [0.15, 0.2) is 13.6 Å². The molecule has 0 aliphatic carbocycles. The lowest BCUT2D eigenvalue weighted by Gasteiger charge is -2.09. The molecule has 0 fully saturated rings. The topological polar surface area (TPSA) is 9.23 Å². The molecular formula is C13H7Br2F5OS. The van der Waals surface area contributed by atoms with Gasteiger partial charge in [0.15, 0.2) is 23.3 Å². The molecular weight excluding hydrogens is 459 g/mol. The number of ether oxygens (including phenoxy) is 1. The van der Waals surface area contributed by atoms with Crippen LogP contribution < -0.4 is 0 Å². The van der Waals surface area contributed by atoms with Crippen LogP contribution >= 0.6 is 43.2 Å². The van der Waals surface area contributed by atoms with E-state index in [1.807, 2.05) is 6.07 Å². The molecule has 0 aliphatic heterocycles. The van der Waals surface area contributed by atoms with Gasteiger partial charge in [-0.15, -0.1) is 11.3 Å². The minimum atomic E-state index is -2.18. The molecule has 2 aromatic rings. The predicted octanol–water partition coefficient (Wildman–Crippen LogP) is 5.73. The Morgan fingerprint density at radius 1 is 0.909 bits per heavy atom. The zero-order valence-electron chi connectivity index (χ0n) is 10.7. The molecule has 0 radical (unpaired) electrons. The van der Waals surface area contributed by atoms with Crippen LogP contribution in [0.25, 0.3) is 0 Å². The van der Waals surface area contributed by atoms with E-state index >= 15 is 0 Å². The van der Waals surface area contributed by atoms with Crippen molar-refractivity contribution in [2.24, 2.45) is 0 Å². The summed E-state index contributed by atoms with van der Waals surface area (Å²) in [5.41, 5.74) is -0.0590. The van der Waals surface area contributed by atoms with Crippen molar-refractivity contribution >= 4 is 43.2 Å². The van der Waals surface area contributed by atoms with Gasteiger partial charge in [-0.25, -0.2) is 22.0 Å². The number of thiophene rings is 1. The van der Waals surface area contributed by atoms with Crippen LogP contribution in [0, 0.1) is 29.1 Å². The molecule has 0 saturated carbocycles. The molecule has 0 bridgehead atoms. The summed E-state index contributed by atoms with van der Waals surface area (Å²) in [6, 6.07) is 1.84. The third kappa shape index (κ3) is 3.69. The van der Waals surface area contributed by atoms with E-state index < -0.39 is 41.3 Å². The lowest BCUT2D eigenvalue weighted by molar-refractivity contribution is 0.117. The maximum Gasteiger partial charge on any atom is 0.200 e. The number of hydrogen-bond acceptors (Lipinski definition) is 2. The SMILES string of the molecule is Fc1c(F)c(F)c(COCCc2cc(Br)sc2Br)c(F)c1F. The highest BCUT2D eigenvalue weighted by Gasteiger charge is 2.25. The molecule has 0 atom stereocenters. The van der Waals surface area contributed by atoms with Crippen molar-refractivity contribution in [1.29, 1.82) is 0 Å². The molecule has 2 rings (SSSR count). The van der Waals surface area contributed by atoms with Crippen molar-refractivity contribution in [3.63, 3.8) is 0 Å². The minimum absolute atomic E-state index is 0.0707. The zero-order valence-corrected chi connectivity index (χ0v) is 14.6. The Kier molecular flexibility index (Phi) is 5.98. The van der Waals surface area contributed by atoms with Crippen molar-refractivity contribution in [3.8, 4) is 0 Å². The van der Waals surface area contributed by atoms with Crippen LogP contribution in [0.1, 0.15) is 11.1 Å². The molecule has 0 unspecified atom stereocenters. The first kappa shape index (κ1) is 17.8. The molecule has 9 heteroatoms. The summed E-state index contributed by atoms with van der Waals surface area (Å²) in [6.45, 7) is -0.629. The fraction of sp³-hybridized carbons (Fsp3) is 0.231. The van der Waals surface area contributed by atoms with Gasteiger partial charge in [0.2, 0.25) is 5.82 Å². The van der Waals surface area contributed by atoms with Crippen LogP contribution in [-0.2, 0) is 17.8 Å². The van der Waals surface area contributed by atoms with E-state index in [-0.39, 0.29) is 6.61 Å². The van der Waals surface area contributed by atoms with Crippen molar-refractivity contribution in [3.05, 3.63) is 53.9 Å². The maximum atomic E-state index is 13.4. The van der Waals surface area contributed by atoms with Crippen LogP contribution in [0.3, 0.4) is 0 Å². The summed E-state index contributed by atoms with van der Waals surface area (Å²) in [5.74, 6) is -9.85. The Balaban J connectivity index is 2.02. The summed E-state index contributed by atoms with van der Waals surface area (Å²) in [6.07, 6.45) is 0.429. The maximum absolute atomic E-state index is 13.4. The zero-order chi connectivity index (χ0) is 16.4. The second-order valence-electron chi connectivity index (χ2n) is 4.20. The largest absolute Gasteiger partial charge is 0.376 e. The van der Waals surface area contributed by atoms with Crippen LogP contribution in [0.5, 0.6) is 0 Å². The second-order valence-corrected chi connectivity index (χ2v) is 7.95. The van der Waals surface area contributed by atoms with E-state index in [9.17, 15) is 22.0 Å². The molecule has 0 N–H and O–H groups in total. The van der Waals surface area contributed by atoms with Crippen molar-refractivity contribution < 1.29 is 26.7 Å². The molecule has 0 saturated heterocycles. The second kappa shape index (κ2) is 7.37. The van der Waals surface area contributed by atoms with Gasteiger partial charge in [-0.1, -0.05) is 0 Å². The Bertz CT molecular complexity index is 675. The Morgan fingerprint density at radius 3 is 1.95 bits per heavy atom. The quantitative estimate of drug-likeness (QED) is 0.237. The van der Waals surface area contributed by atoms with Gasteiger partial charge in [-0.05, 0) is 49.9 Å². The molecule has 0 aliphatic rings. The molecule has 22 heavy (non-hydrogen) atoms. The molecule has 0 amide bonds. The van der Waals surface area contributed by atoms with Gasteiger partial charge in [0.1, 0.15) is 0 Å². The van der Waals surface area contributed by atoms with Gasteiger partial charge in [-0.2, -0.15) is 0 Å². The van der Waals surface area contributed by atoms with Crippen molar-refractivity contribution in [2.45, 2.75) is 13.0 Å². The van der Waals surface area contributed by atoms with Gasteiger partial charge in [0.25, 0.3) is 0 Å². The van der Waals surface area contributed by atoms with Crippen LogP contribution in [0.2, 0.25) is 0 Å². The average Bonchev–Trinajstić information content (AvgIpc) is 2.80.